The van der Waals surface area contributed by atoms with Crippen LogP contribution >= 0.6 is 0 Å². The number of rotatable bonds is 12. The molecule has 0 aromatic heterocycles. The highest BCUT2D eigenvalue weighted by Gasteiger charge is 2.47. The topological polar surface area (TPSA) is 90.9 Å². The molecule has 1 unspecified atom stereocenters. The molecule has 168 valence electrons. The summed E-state index contributed by atoms with van der Waals surface area (Å²) in [7, 11) is -3.43. The van der Waals surface area contributed by atoms with Gasteiger partial charge in [0.1, 0.15) is 0 Å². The number of nitrogens with zero attached hydrogens (tertiary/aromatic N) is 1. The first-order valence-electron chi connectivity index (χ1n) is 11.0. The molecule has 1 aromatic rings. The SMILES string of the molecule is O=S(=O)(CCCCCN1CCNC1O)NC1(c2ccc(F)c(OCC3CC3)c2)CC1. The Morgan fingerprint density at radius 1 is 1.27 bits per heavy atom. The van der Waals surface area contributed by atoms with Gasteiger partial charge in [-0.15, -0.1) is 0 Å². The average Bonchev–Trinajstić information content (AvgIpc) is 3.62. The van der Waals surface area contributed by atoms with E-state index in [9.17, 15) is 17.9 Å². The van der Waals surface area contributed by atoms with Crippen LogP contribution < -0.4 is 14.8 Å². The Labute approximate surface area is 178 Å². The first-order chi connectivity index (χ1) is 14.4. The molecular formula is C21H32FN3O4S. The highest BCUT2D eigenvalue weighted by Crippen LogP contribution is 2.47. The van der Waals surface area contributed by atoms with Crippen molar-refractivity contribution >= 4 is 10.0 Å². The Morgan fingerprint density at radius 2 is 2.07 bits per heavy atom. The molecule has 30 heavy (non-hydrogen) atoms. The van der Waals surface area contributed by atoms with Gasteiger partial charge in [-0.25, -0.2) is 17.5 Å². The highest BCUT2D eigenvalue weighted by atomic mass is 32.2. The number of aliphatic hydroxyl groups is 1. The summed E-state index contributed by atoms with van der Waals surface area (Å²) < 4.78 is 47.8. The van der Waals surface area contributed by atoms with E-state index in [2.05, 4.69) is 10.0 Å². The van der Waals surface area contributed by atoms with E-state index >= 15 is 0 Å². The molecule has 1 heterocycles. The summed E-state index contributed by atoms with van der Waals surface area (Å²) in [5.74, 6) is 0.396. The lowest BCUT2D eigenvalue weighted by atomic mass is 10.1. The van der Waals surface area contributed by atoms with Crippen LogP contribution in [0.2, 0.25) is 0 Å². The molecule has 0 radical (unpaired) electrons. The maximum atomic E-state index is 14.1. The van der Waals surface area contributed by atoms with E-state index in [4.69, 9.17) is 4.74 Å². The molecule has 7 nitrogen and oxygen atoms in total. The van der Waals surface area contributed by atoms with Crippen LogP contribution in [0.1, 0.15) is 50.5 Å². The second-order valence-corrected chi connectivity index (χ2v) is 10.7. The van der Waals surface area contributed by atoms with Crippen molar-refractivity contribution < 1.29 is 22.7 Å². The van der Waals surface area contributed by atoms with Crippen molar-refractivity contribution in [3.8, 4) is 5.75 Å². The van der Waals surface area contributed by atoms with Crippen molar-refractivity contribution in [2.75, 3.05) is 32.0 Å². The summed E-state index contributed by atoms with van der Waals surface area (Å²) in [5, 5.41) is 12.6. The molecule has 0 spiro atoms. The molecule has 1 saturated heterocycles. The second-order valence-electron chi connectivity index (χ2n) is 8.83. The summed E-state index contributed by atoms with van der Waals surface area (Å²) in [5.41, 5.74) is 0.143. The molecule has 9 heteroatoms. The maximum Gasteiger partial charge on any atom is 0.212 e. The van der Waals surface area contributed by atoms with Gasteiger partial charge in [0, 0.05) is 19.6 Å². The monoisotopic (exact) mass is 441 g/mol. The van der Waals surface area contributed by atoms with E-state index in [0.717, 1.165) is 50.9 Å². The van der Waals surface area contributed by atoms with Crippen molar-refractivity contribution in [3.05, 3.63) is 29.6 Å². The number of hydrogen-bond acceptors (Lipinski definition) is 6. The van der Waals surface area contributed by atoms with Gasteiger partial charge in [-0.1, -0.05) is 12.5 Å². The Kier molecular flexibility index (Phi) is 6.64. The van der Waals surface area contributed by atoms with Crippen molar-refractivity contribution in [2.45, 2.75) is 56.8 Å². The van der Waals surface area contributed by atoms with Crippen LogP contribution in [0.3, 0.4) is 0 Å². The van der Waals surface area contributed by atoms with Crippen LogP contribution in [-0.2, 0) is 15.6 Å². The van der Waals surface area contributed by atoms with Crippen molar-refractivity contribution in [3.63, 3.8) is 0 Å². The predicted octanol–water partition coefficient (Wildman–Crippen LogP) is 1.87. The smallest absolute Gasteiger partial charge is 0.212 e. The van der Waals surface area contributed by atoms with Crippen LogP contribution in [0.4, 0.5) is 4.39 Å². The second kappa shape index (κ2) is 9.08. The molecule has 3 N–H and O–H groups in total. The van der Waals surface area contributed by atoms with E-state index in [1.165, 1.54) is 6.07 Å². The first-order valence-corrected chi connectivity index (χ1v) is 12.6. The average molecular weight is 442 g/mol. The van der Waals surface area contributed by atoms with E-state index in [1.54, 1.807) is 12.1 Å². The third kappa shape index (κ3) is 5.70. The number of halogens is 1. The van der Waals surface area contributed by atoms with Crippen LogP contribution in [0.5, 0.6) is 5.75 Å². The molecule has 1 aliphatic heterocycles. The van der Waals surface area contributed by atoms with Gasteiger partial charge < -0.3 is 9.84 Å². The van der Waals surface area contributed by atoms with Gasteiger partial charge in [0.05, 0.1) is 17.9 Å². The molecule has 1 atom stereocenters. The normalized spacial score (nSPS) is 23.6. The summed E-state index contributed by atoms with van der Waals surface area (Å²) in [4.78, 5) is 1.95. The first kappa shape index (κ1) is 22.0. The summed E-state index contributed by atoms with van der Waals surface area (Å²) >= 11 is 0. The van der Waals surface area contributed by atoms with Crippen molar-refractivity contribution in [2.24, 2.45) is 5.92 Å². The molecule has 3 fully saturated rings. The molecule has 2 saturated carbocycles. The highest BCUT2D eigenvalue weighted by molar-refractivity contribution is 7.89. The number of sulfonamides is 1. The van der Waals surface area contributed by atoms with Crippen LogP contribution in [0.15, 0.2) is 18.2 Å². The number of benzene rings is 1. The van der Waals surface area contributed by atoms with Gasteiger partial charge in [0.2, 0.25) is 10.0 Å². The molecule has 0 amide bonds. The zero-order valence-electron chi connectivity index (χ0n) is 17.3. The molecule has 3 aliphatic rings. The lowest BCUT2D eigenvalue weighted by Crippen LogP contribution is -2.37. The number of nitrogens with one attached hydrogen (secondary N) is 2. The van der Waals surface area contributed by atoms with E-state index in [-0.39, 0.29) is 11.5 Å². The van der Waals surface area contributed by atoms with Crippen LogP contribution in [-0.4, -0.2) is 56.8 Å². The third-order valence-electron chi connectivity index (χ3n) is 6.19. The Hall–Kier alpha value is -1.26. The fourth-order valence-corrected chi connectivity index (χ4v) is 5.54. The van der Waals surface area contributed by atoms with Gasteiger partial charge in [-0.2, -0.15) is 0 Å². The number of aliphatic hydroxyl groups excluding tert-OH is 1. The molecule has 0 bridgehead atoms. The quantitative estimate of drug-likeness (QED) is 0.429. The van der Waals surface area contributed by atoms with Gasteiger partial charge in [0.25, 0.3) is 0 Å². The van der Waals surface area contributed by atoms with E-state index in [1.807, 2.05) is 4.90 Å². The molecule has 2 aliphatic carbocycles. The van der Waals surface area contributed by atoms with Crippen molar-refractivity contribution in [1.82, 2.24) is 14.9 Å². The van der Waals surface area contributed by atoms with E-state index < -0.39 is 27.7 Å². The minimum absolute atomic E-state index is 0.0712. The number of hydrogen-bond donors (Lipinski definition) is 3. The fraction of sp³-hybridized carbons (Fsp3) is 0.714. The summed E-state index contributed by atoms with van der Waals surface area (Å²) in [6.45, 7) is 2.86. The lowest BCUT2D eigenvalue weighted by molar-refractivity contribution is 0.0213. The minimum Gasteiger partial charge on any atom is -0.490 e. The summed E-state index contributed by atoms with van der Waals surface area (Å²) in [6, 6.07) is 4.68. The van der Waals surface area contributed by atoms with Gasteiger partial charge >= 0.3 is 0 Å². The Morgan fingerprint density at radius 3 is 2.73 bits per heavy atom. The summed E-state index contributed by atoms with van der Waals surface area (Å²) in [6.07, 6.45) is 5.29. The van der Waals surface area contributed by atoms with Crippen LogP contribution in [0.25, 0.3) is 0 Å². The molecule has 1 aromatic carbocycles. The molecule has 4 rings (SSSR count). The van der Waals surface area contributed by atoms with Crippen LogP contribution in [0, 0.1) is 11.7 Å². The Bertz CT molecular complexity index is 843. The zero-order valence-corrected chi connectivity index (χ0v) is 18.1. The number of unbranched alkanes of at least 4 members (excludes halogenated alkanes) is 2. The minimum atomic E-state index is -3.43. The van der Waals surface area contributed by atoms with E-state index in [0.29, 0.717) is 31.8 Å². The predicted molar refractivity (Wildman–Crippen MR) is 112 cm³/mol. The Balaban J connectivity index is 1.26. The number of ether oxygens (including phenoxy) is 1. The third-order valence-corrected chi connectivity index (χ3v) is 7.71. The van der Waals surface area contributed by atoms with Crippen molar-refractivity contribution in [1.29, 1.82) is 0 Å². The lowest BCUT2D eigenvalue weighted by Gasteiger charge is -2.20. The standard InChI is InChI=1S/C21H32FN3O4S/c22-18-7-6-17(14-19(18)29-15-16-4-5-16)21(8-9-21)24-30(27,28)13-3-1-2-11-25-12-10-23-20(25)26/h6-7,14,16,20,23-24,26H,1-5,8-13,15H2. The van der Waals surface area contributed by atoms with Gasteiger partial charge in [0.15, 0.2) is 17.9 Å². The van der Waals surface area contributed by atoms with Gasteiger partial charge in [-0.3, -0.25) is 10.2 Å². The van der Waals surface area contributed by atoms with Gasteiger partial charge in [-0.05, 0) is 62.1 Å². The largest absolute Gasteiger partial charge is 0.490 e. The maximum absolute atomic E-state index is 14.1. The fourth-order valence-electron chi connectivity index (χ4n) is 3.93. The molecular weight excluding hydrogens is 409 g/mol. The zero-order chi connectivity index (χ0) is 21.2.